The smallest absolute Gasteiger partial charge is 0.223 e. The largest absolute Gasteiger partial charge is 0.349 e. The number of benzene rings is 1. The molecule has 0 saturated heterocycles. The first kappa shape index (κ1) is 24.8. The normalized spacial score (nSPS) is 13.7. The zero-order valence-corrected chi connectivity index (χ0v) is 20.4. The number of carbonyl (C=O) groups is 1. The standard InChI is InChI=1S/C28H45N3O/c1-2-3-4-5-6-7-8-9-10-11-12-13-14-17-22-31-26-19-16-15-18-25(26)30-27(31)23-29-28(32)24-20-21-24/h15-16,18-19,24H,2-14,17,20-23H2,1H3,(H,29,32). The van der Waals surface area contributed by atoms with E-state index in [0.717, 1.165) is 30.7 Å². The first-order chi connectivity index (χ1) is 15.8. The van der Waals surface area contributed by atoms with Crippen LogP contribution < -0.4 is 5.32 Å². The SMILES string of the molecule is CCCCCCCCCCCCCCCCn1c(CNC(=O)C2CC2)nc2ccccc21. The molecule has 178 valence electrons. The van der Waals surface area contributed by atoms with Crippen molar-refractivity contribution in [3.05, 3.63) is 30.1 Å². The number of carbonyl (C=O) groups excluding carboxylic acids is 1. The second kappa shape index (κ2) is 14.3. The van der Waals surface area contributed by atoms with Gasteiger partial charge >= 0.3 is 0 Å². The second-order valence-corrected chi connectivity index (χ2v) is 9.76. The number of nitrogens with zero attached hydrogens (tertiary/aromatic N) is 2. The summed E-state index contributed by atoms with van der Waals surface area (Å²) in [5.41, 5.74) is 2.23. The van der Waals surface area contributed by atoms with Crippen molar-refractivity contribution in [2.24, 2.45) is 5.92 Å². The predicted octanol–water partition coefficient (Wildman–Crippen LogP) is 7.54. The van der Waals surface area contributed by atoms with Gasteiger partial charge in [0, 0.05) is 12.5 Å². The van der Waals surface area contributed by atoms with E-state index in [0.29, 0.717) is 6.54 Å². The summed E-state index contributed by atoms with van der Waals surface area (Å²) < 4.78 is 2.32. The van der Waals surface area contributed by atoms with Gasteiger partial charge in [0.15, 0.2) is 0 Å². The number of aromatic nitrogens is 2. The predicted molar refractivity (Wildman–Crippen MR) is 135 cm³/mol. The number of imidazole rings is 1. The number of unbranched alkanes of at least 4 members (excludes halogenated alkanes) is 13. The van der Waals surface area contributed by atoms with E-state index in [1.54, 1.807) is 0 Å². The molecule has 3 rings (SSSR count). The van der Waals surface area contributed by atoms with Gasteiger partial charge in [0.1, 0.15) is 5.82 Å². The Morgan fingerprint density at radius 1 is 0.875 bits per heavy atom. The van der Waals surface area contributed by atoms with E-state index >= 15 is 0 Å². The van der Waals surface area contributed by atoms with Crippen molar-refractivity contribution in [3.63, 3.8) is 0 Å². The molecule has 1 aliphatic carbocycles. The van der Waals surface area contributed by atoms with Gasteiger partial charge in [-0.1, -0.05) is 103 Å². The van der Waals surface area contributed by atoms with Crippen molar-refractivity contribution in [1.29, 1.82) is 0 Å². The molecule has 0 bridgehead atoms. The van der Waals surface area contributed by atoms with E-state index in [-0.39, 0.29) is 11.8 Å². The zero-order valence-electron chi connectivity index (χ0n) is 20.4. The van der Waals surface area contributed by atoms with Crippen LogP contribution in [0.3, 0.4) is 0 Å². The van der Waals surface area contributed by atoms with Crippen LogP contribution in [0, 0.1) is 5.92 Å². The molecule has 1 fully saturated rings. The Labute approximate surface area is 195 Å². The third-order valence-corrected chi connectivity index (χ3v) is 6.84. The molecule has 0 atom stereocenters. The molecule has 1 heterocycles. The number of hydrogen-bond donors (Lipinski definition) is 1. The summed E-state index contributed by atoms with van der Waals surface area (Å²) in [5, 5.41) is 3.09. The molecule has 0 unspecified atom stereocenters. The van der Waals surface area contributed by atoms with Crippen LogP contribution in [0.25, 0.3) is 11.0 Å². The van der Waals surface area contributed by atoms with Crippen molar-refractivity contribution in [1.82, 2.24) is 14.9 Å². The Hall–Kier alpha value is -1.84. The average Bonchev–Trinajstić information content (AvgIpc) is 3.60. The van der Waals surface area contributed by atoms with Gasteiger partial charge in [-0.05, 0) is 31.4 Å². The molecular weight excluding hydrogens is 394 g/mol. The van der Waals surface area contributed by atoms with Crippen molar-refractivity contribution >= 4 is 16.9 Å². The Morgan fingerprint density at radius 2 is 1.44 bits per heavy atom. The molecule has 1 aromatic heterocycles. The molecule has 1 amide bonds. The Morgan fingerprint density at radius 3 is 2.03 bits per heavy atom. The highest BCUT2D eigenvalue weighted by atomic mass is 16.2. The number of hydrogen-bond acceptors (Lipinski definition) is 2. The Balaban J connectivity index is 1.28. The van der Waals surface area contributed by atoms with Gasteiger partial charge < -0.3 is 9.88 Å². The van der Waals surface area contributed by atoms with E-state index in [4.69, 9.17) is 4.98 Å². The van der Waals surface area contributed by atoms with Crippen LogP contribution in [0.15, 0.2) is 24.3 Å². The molecule has 32 heavy (non-hydrogen) atoms. The lowest BCUT2D eigenvalue weighted by atomic mass is 10.0. The van der Waals surface area contributed by atoms with Crippen molar-refractivity contribution in [2.45, 2.75) is 123 Å². The van der Waals surface area contributed by atoms with E-state index in [2.05, 4.69) is 35.0 Å². The van der Waals surface area contributed by atoms with Gasteiger partial charge in [0.2, 0.25) is 5.91 Å². The first-order valence-electron chi connectivity index (χ1n) is 13.5. The summed E-state index contributed by atoms with van der Waals surface area (Å²) in [6, 6.07) is 8.35. The highest BCUT2D eigenvalue weighted by molar-refractivity contribution is 5.81. The highest BCUT2D eigenvalue weighted by Gasteiger charge is 2.29. The van der Waals surface area contributed by atoms with E-state index in [1.165, 1.54) is 95.4 Å². The molecule has 2 aromatic rings. The number of para-hydroxylation sites is 2. The molecule has 1 saturated carbocycles. The summed E-state index contributed by atoms with van der Waals surface area (Å²) in [6.07, 6.45) is 21.4. The molecular formula is C28H45N3O. The number of aryl methyl sites for hydroxylation is 1. The summed E-state index contributed by atoms with van der Waals surface area (Å²) in [6.45, 7) is 3.82. The van der Waals surface area contributed by atoms with Crippen molar-refractivity contribution in [3.8, 4) is 0 Å². The average molecular weight is 440 g/mol. The van der Waals surface area contributed by atoms with Crippen molar-refractivity contribution in [2.75, 3.05) is 0 Å². The molecule has 1 aliphatic rings. The fourth-order valence-electron chi connectivity index (χ4n) is 4.63. The minimum absolute atomic E-state index is 0.195. The van der Waals surface area contributed by atoms with Gasteiger partial charge in [0.05, 0.1) is 17.6 Å². The first-order valence-corrected chi connectivity index (χ1v) is 13.5. The van der Waals surface area contributed by atoms with Crippen LogP contribution >= 0.6 is 0 Å². The second-order valence-electron chi connectivity index (χ2n) is 9.76. The Kier molecular flexibility index (Phi) is 11.1. The van der Waals surface area contributed by atoms with Gasteiger partial charge in [0.25, 0.3) is 0 Å². The third kappa shape index (κ3) is 8.60. The maximum absolute atomic E-state index is 12.1. The maximum atomic E-state index is 12.1. The van der Waals surface area contributed by atoms with Crippen LogP contribution in [0.5, 0.6) is 0 Å². The maximum Gasteiger partial charge on any atom is 0.223 e. The van der Waals surface area contributed by atoms with E-state index in [9.17, 15) is 4.79 Å². The zero-order chi connectivity index (χ0) is 22.4. The molecule has 1 N–H and O–H groups in total. The summed E-state index contributed by atoms with van der Waals surface area (Å²) >= 11 is 0. The number of nitrogens with one attached hydrogen (secondary N) is 1. The fourth-order valence-corrected chi connectivity index (χ4v) is 4.63. The van der Waals surface area contributed by atoms with Gasteiger partial charge in [-0.3, -0.25) is 4.79 Å². The lowest BCUT2D eigenvalue weighted by Crippen LogP contribution is -2.26. The van der Waals surface area contributed by atoms with Crippen LogP contribution in [-0.2, 0) is 17.9 Å². The molecule has 4 heteroatoms. The quantitative estimate of drug-likeness (QED) is 0.244. The van der Waals surface area contributed by atoms with Crippen LogP contribution in [-0.4, -0.2) is 15.5 Å². The molecule has 0 aliphatic heterocycles. The monoisotopic (exact) mass is 439 g/mol. The summed E-state index contributed by atoms with van der Waals surface area (Å²) in [4.78, 5) is 16.9. The third-order valence-electron chi connectivity index (χ3n) is 6.84. The lowest BCUT2D eigenvalue weighted by molar-refractivity contribution is -0.122. The number of rotatable bonds is 18. The summed E-state index contributed by atoms with van der Waals surface area (Å²) in [5.74, 6) is 1.44. The highest BCUT2D eigenvalue weighted by Crippen LogP contribution is 2.29. The van der Waals surface area contributed by atoms with Crippen LogP contribution in [0.1, 0.15) is 115 Å². The minimum Gasteiger partial charge on any atom is -0.349 e. The van der Waals surface area contributed by atoms with E-state index < -0.39 is 0 Å². The van der Waals surface area contributed by atoms with E-state index in [1.807, 2.05) is 6.07 Å². The fraction of sp³-hybridized carbons (Fsp3) is 0.714. The Bertz CT molecular complexity index is 793. The topological polar surface area (TPSA) is 46.9 Å². The van der Waals surface area contributed by atoms with Gasteiger partial charge in [-0.2, -0.15) is 0 Å². The van der Waals surface area contributed by atoms with Gasteiger partial charge in [-0.25, -0.2) is 4.98 Å². The molecule has 4 nitrogen and oxygen atoms in total. The number of amides is 1. The minimum atomic E-state index is 0.195. The van der Waals surface area contributed by atoms with Crippen LogP contribution in [0.4, 0.5) is 0 Å². The van der Waals surface area contributed by atoms with Crippen molar-refractivity contribution < 1.29 is 4.79 Å². The number of fused-ring (bicyclic) bond motifs is 1. The van der Waals surface area contributed by atoms with Crippen LogP contribution in [0.2, 0.25) is 0 Å². The lowest BCUT2D eigenvalue weighted by Gasteiger charge is -2.10. The van der Waals surface area contributed by atoms with Gasteiger partial charge in [-0.15, -0.1) is 0 Å². The molecule has 0 spiro atoms. The molecule has 0 radical (unpaired) electrons. The molecule has 1 aromatic carbocycles. The summed E-state index contributed by atoms with van der Waals surface area (Å²) in [7, 11) is 0.